The van der Waals surface area contributed by atoms with E-state index in [1.54, 1.807) is 11.1 Å². The van der Waals surface area contributed by atoms with Crippen molar-refractivity contribution in [2.45, 2.75) is 82.3 Å². The molecule has 29 heavy (non-hydrogen) atoms. The van der Waals surface area contributed by atoms with Gasteiger partial charge in [0.2, 0.25) is 5.91 Å². The number of nitrogens with one attached hydrogen (secondary N) is 1. The van der Waals surface area contributed by atoms with Crippen LogP contribution in [0.15, 0.2) is 24.3 Å². The third-order valence-electron chi connectivity index (χ3n) is 8.09. The van der Waals surface area contributed by atoms with Gasteiger partial charge in [-0.3, -0.25) is 14.6 Å². The number of amides is 1. The lowest BCUT2D eigenvalue weighted by Crippen LogP contribution is -2.52. The predicted octanol–water partition coefficient (Wildman–Crippen LogP) is 3.39. The van der Waals surface area contributed by atoms with Gasteiger partial charge in [-0.2, -0.15) is 0 Å². The molecule has 0 spiro atoms. The number of benzene rings is 1. The summed E-state index contributed by atoms with van der Waals surface area (Å²) in [5, 5.41) is 3.35. The Morgan fingerprint density at radius 3 is 2.17 bits per heavy atom. The van der Waals surface area contributed by atoms with E-state index in [0.29, 0.717) is 24.0 Å². The van der Waals surface area contributed by atoms with Crippen LogP contribution in [-0.4, -0.2) is 60.0 Å². The van der Waals surface area contributed by atoms with Crippen molar-refractivity contribution in [2.24, 2.45) is 5.92 Å². The first-order chi connectivity index (χ1) is 14.3. The van der Waals surface area contributed by atoms with Crippen molar-refractivity contribution in [1.29, 1.82) is 0 Å². The average molecular weight is 396 g/mol. The monoisotopic (exact) mass is 395 g/mol. The van der Waals surface area contributed by atoms with E-state index in [-0.39, 0.29) is 5.92 Å². The number of nitrogens with zero attached hydrogens (tertiary/aromatic N) is 2. The molecule has 3 fully saturated rings. The molecule has 4 aliphatic rings. The van der Waals surface area contributed by atoms with Gasteiger partial charge in [-0.25, -0.2) is 0 Å². The highest BCUT2D eigenvalue weighted by atomic mass is 16.2. The van der Waals surface area contributed by atoms with Gasteiger partial charge in [-0.1, -0.05) is 37.1 Å². The Balaban J connectivity index is 1.11. The molecule has 4 heteroatoms. The van der Waals surface area contributed by atoms with Crippen LogP contribution in [0, 0.1) is 5.92 Å². The van der Waals surface area contributed by atoms with Crippen LogP contribution in [0.4, 0.5) is 0 Å². The Morgan fingerprint density at radius 2 is 1.48 bits per heavy atom. The molecular formula is C25H37N3O. The summed E-state index contributed by atoms with van der Waals surface area (Å²) in [4.78, 5) is 18.2. The number of rotatable bonds is 4. The molecule has 1 N–H and O–H groups in total. The first kappa shape index (κ1) is 19.6. The first-order valence-corrected chi connectivity index (χ1v) is 12.1. The molecule has 0 radical (unpaired) electrons. The topological polar surface area (TPSA) is 35.6 Å². The summed E-state index contributed by atoms with van der Waals surface area (Å²) < 4.78 is 0. The van der Waals surface area contributed by atoms with Crippen molar-refractivity contribution in [2.75, 3.05) is 26.2 Å². The Morgan fingerprint density at radius 1 is 0.793 bits per heavy atom. The molecule has 1 atom stereocenters. The van der Waals surface area contributed by atoms with Gasteiger partial charge in [0.25, 0.3) is 0 Å². The average Bonchev–Trinajstić information content (AvgIpc) is 3.43. The van der Waals surface area contributed by atoms with Crippen molar-refractivity contribution < 1.29 is 4.79 Å². The number of hydrogen-bond acceptors (Lipinski definition) is 3. The molecule has 1 aromatic rings. The highest BCUT2D eigenvalue weighted by molar-refractivity contribution is 5.79. The standard InChI is InChI=1S/C25H37N3O/c29-25(26-22-9-3-4-10-22)21-8-5-13-28(18-21)23-11-14-27(15-12-23)24-16-19-6-1-2-7-20(19)17-24/h1-2,6-7,21-24H,3-5,8-18H2,(H,26,29)/t21-/m0/s1. The molecule has 4 nitrogen and oxygen atoms in total. The quantitative estimate of drug-likeness (QED) is 0.849. The normalized spacial score (nSPS) is 27.9. The van der Waals surface area contributed by atoms with Crippen LogP contribution in [0.2, 0.25) is 0 Å². The third-order valence-corrected chi connectivity index (χ3v) is 8.09. The van der Waals surface area contributed by atoms with Gasteiger partial charge in [0.05, 0.1) is 5.92 Å². The maximum absolute atomic E-state index is 12.8. The lowest BCUT2D eigenvalue weighted by molar-refractivity contribution is -0.127. The van der Waals surface area contributed by atoms with Crippen LogP contribution in [0.5, 0.6) is 0 Å². The first-order valence-electron chi connectivity index (χ1n) is 12.1. The molecule has 1 amide bonds. The van der Waals surface area contributed by atoms with E-state index < -0.39 is 0 Å². The minimum Gasteiger partial charge on any atom is -0.353 e. The molecule has 2 aliphatic heterocycles. The van der Waals surface area contributed by atoms with E-state index in [0.717, 1.165) is 13.0 Å². The Kier molecular flexibility index (Phi) is 5.92. The largest absolute Gasteiger partial charge is 0.353 e. The minimum atomic E-state index is 0.215. The summed E-state index contributed by atoms with van der Waals surface area (Å²) in [5.41, 5.74) is 3.12. The SMILES string of the molecule is O=C(NC1CCCC1)[C@H]1CCCN(C2CCN(C3Cc4ccccc4C3)CC2)C1. The molecule has 2 aliphatic carbocycles. The van der Waals surface area contributed by atoms with Gasteiger partial charge in [0.15, 0.2) is 0 Å². The summed E-state index contributed by atoms with van der Waals surface area (Å²) in [6.45, 7) is 4.61. The summed E-state index contributed by atoms with van der Waals surface area (Å²) >= 11 is 0. The fourth-order valence-electron chi connectivity index (χ4n) is 6.35. The van der Waals surface area contributed by atoms with E-state index in [2.05, 4.69) is 39.4 Å². The number of fused-ring (bicyclic) bond motifs is 1. The van der Waals surface area contributed by atoms with Crippen molar-refractivity contribution >= 4 is 5.91 Å². The molecule has 0 bridgehead atoms. The second kappa shape index (κ2) is 8.77. The molecule has 2 heterocycles. The van der Waals surface area contributed by atoms with Crippen molar-refractivity contribution in [1.82, 2.24) is 15.1 Å². The highest BCUT2D eigenvalue weighted by Gasteiger charge is 2.35. The predicted molar refractivity (Wildman–Crippen MR) is 117 cm³/mol. The van der Waals surface area contributed by atoms with E-state index in [4.69, 9.17) is 0 Å². The van der Waals surface area contributed by atoms with Crippen LogP contribution in [0.25, 0.3) is 0 Å². The van der Waals surface area contributed by atoms with E-state index in [1.807, 2.05) is 0 Å². The van der Waals surface area contributed by atoms with Crippen LogP contribution in [-0.2, 0) is 17.6 Å². The van der Waals surface area contributed by atoms with Gasteiger partial charge < -0.3 is 5.32 Å². The summed E-state index contributed by atoms with van der Waals surface area (Å²) in [6.07, 6.45) is 12.2. The number of likely N-dealkylation sites (tertiary alicyclic amines) is 2. The highest BCUT2D eigenvalue weighted by Crippen LogP contribution is 2.30. The zero-order valence-corrected chi connectivity index (χ0v) is 17.8. The lowest BCUT2D eigenvalue weighted by atomic mass is 9.92. The Labute approximate surface area is 176 Å². The summed E-state index contributed by atoms with van der Waals surface area (Å²) in [6, 6.07) is 10.8. The zero-order valence-electron chi connectivity index (χ0n) is 17.8. The van der Waals surface area contributed by atoms with Gasteiger partial charge in [0, 0.05) is 24.7 Å². The number of hydrogen-bond donors (Lipinski definition) is 1. The van der Waals surface area contributed by atoms with Gasteiger partial charge in [0.1, 0.15) is 0 Å². The second-order valence-electron chi connectivity index (χ2n) is 9.92. The molecule has 2 saturated heterocycles. The van der Waals surface area contributed by atoms with Crippen molar-refractivity contribution in [3.8, 4) is 0 Å². The lowest BCUT2D eigenvalue weighted by Gasteiger charge is -2.43. The molecular weight excluding hydrogens is 358 g/mol. The van der Waals surface area contributed by atoms with E-state index in [1.165, 1.54) is 77.4 Å². The third kappa shape index (κ3) is 4.39. The molecule has 1 saturated carbocycles. The minimum absolute atomic E-state index is 0.215. The number of piperidine rings is 2. The van der Waals surface area contributed by atoms with Crippen LogP contribution in [0.1, 0.15) is 62.5 Å². The zero-order chi connectivity index (χ0) is 19.6. The smallest absolute Gasteiger partial charge is 0.224 e. The maximum atomic E-state index is 12.8. The molecule has 5 rings (SSSR count). The Hall–Kier alpha value is -1.39. The van der Waals surface area contributed by atoms with Crippen molar-refractivity contribution in [3.05, 3.63) is 35.4 Å². The van der Waals surface area contributed by atoms with Crippen LogP contribution < -0.4 is 5.32 Å². The van der Waals surface area contributed by atoms with Gasteiger partial charge >= 0.3 is 0 Å². The molecule has 0 unspecified atom stereocenters. The summed E-state index contributed by atoms with van der Waals surface area (Å²) in [5.74, 6) is 0.550. The van der Waals surface area contributed by atoms with E-state index >= 15 is 0 Å². The molecule has 158 valence electrons. The number of carbonyl (C=O) groups is 1. The van der Waals surface area contributed by atoms with Gasteiger partial charge in [-0.05, 0) is 82.1 Å². The fourth-order valence-corrected chi connectivity index (χ4v) is 6.35. The van der Waals surface area contributed by atoms with E-state index in [9.17, 15) is 4.79 Å². The van der Waals surface area contributed by atoms with Crippen LogP contribution in [0.3, 0.4) is 0 Å². The van der Waals surface area contributed by atoms with Crippen LogP contribution >= 0.6 is 0 Å². The number of carbonyl (C=O) groups excluding carboxylic acids is 1. The maximum Gasteiger partial charge on any atom is 0.224 e. The Bertz CT molecular complexity index is 681. The fraction of sp³-hybridized carbons (Fsp3) is 0.720. The van der Waals surface area contributed by atoms with Crippen molar-refractivity contribution in [3.63, 3.8) is 0 Å². The molecule has 0 aromatic heterocycles. The second-order valence-corrected chi connectivity index (χ2v) is 9.92. The van der Waals surface area contributed by atoms with Gasteiger partial charge in [-0.15, -0.1) is 0 Å². The molecule has 1 aromatic carbocycles. The summed E-state index contributed by atoms with van der Waals surface area (Å²) in [7, 11) is 0.